The monoisotopic (exact) mass is 462 g/mol. The first-order chi connectivity index (χ1) is 14.9. The Kier molecular flexibility index (Phi) is 8.79. The van der Waals surface area contributed by atoms with Crippen LogP contribution in [0, 0.1) is 5.82 Å². The first-order valence-corrected chi connectivity index (χ1v) is 12.1. The molecule has 0 radical (unpaired) electrons. The lowest BCUT2D eigenvalue weighted by molar-refractivity contribution is -0.139. The second-order valence-corrected chi connectivity index (χ2v) is 9.32. The van der Waals surface area contributed by atoms with Crippen LogP contribution in [0.25, 0.3) is 0 Å². The van der Waals surface area contributed by atoms with E-state index in [1.165, 1.54) is 22.7 Å². The second-order valence-electron chi connectivity index (χ2n) is 7.90. The van der Waals surface area contributed by atoms with Gasteiger partial charge in [-0.2, -0.15) is 0 Å². The summed E-state index contributed by atoms with van der Waals surface area (Å²) < 4.78 is 14.3. The number of nitrogens with one attached hydrogen (secondary N) is 1. The highest BCUT2D eigenvalue weighted by molar-refractivity contribution is 7.99. The number of carbonyl (C=O) groups is 2. The van der Waals surface area contributed by atoms with Crippen molar-refractivity contribution in [2.45, 2.75) is 57.0 Å². The van der Waals surface area contributed by atoms with Gasteiger partial charge in [-0.25, -0.2) is 4.39 Å². The molecule has 0 saturated heterocycles. The zero-order valence-corrected chi connectivity index (χ0v) is 19.2. The number of amides is 2. The molecule has 0 aromatic heterocycles. The normalized spacial score (nSPS) is 14.9. The van der Waals surface area contributed by atoms with Gasteiger partial charge in [-0.05, 0) is 43.5 Å². The van der Waals surface area contributed by atoms with Gasteiger partial charge >= 0.3 is 0 Å². The minimum Gasteiger partial charge on any atom is -0.352 e. The lowest BCUT2D eigenvalue weighted by Gasteiger charge is -2.29. The zero-order chi connectivity index (χ0) is 22.2. The lowest BCUT2D eigenvalue weighted by atomic mass is 10.1. The van der Waals surface area contributed by atoms with Gasteiger partial charge in [0.05, 0.1) is 5.75 Å². The maximum atomic E-state index is 14.3. The van der Waals surface area contributed by atoms with Gasteiger partial charge in [-0.1, -0.05) is 54.8 Å². The molecule has 2 amide bonds. The van der Waals surface area contributed by atoms with E-state index in [-0.39, 0.29) is 36.0 Å². The molecule has 0 heterocycles. The van der Waals surface area contributed by atoms with Crippen molar-refractivity contribution in [3.05, 3.63) is 70.5 Å². The van der Waals surface area contributed by atoms with Gasteiger partial charge in [0.25, 0.3) is 0 Å². The van der Waals surface area contributed by atoms with Crippen LogP contribution in [0.4, 0.5) is 4.39 Å². The highest BCUT2D eigenvalue weighted by Crippen LogP contribution is 2.21. The fraction of sp³-hybridized carbons (Fsp3) is 0.417. The highest BCUT2D eigenvalue weighted by Gasteiger charge is 2.28. The molecule has 1 saturated carbocycles. The van der Waals surface area contributed by atoms with Crippen LogP contribution < -0.4 is 5.32 Å². The summed E-state index contributed by atoms with van der Waals surface area (Å²) in [6.45, 7) is 1.77. The number of hydrogen-bond donors (Lipinski definition) is 1. The van der Waals surface area contributed by atoms with Crippen LogP contribution in [0.5, 0.6) is 0 Å². The molecule has 0 unspecified atom stereocenters. The SMILES string of the molecule is C[C@H](C(=O)NC1CCCC1)N(Cc1ccccc1F)C(=O)CSCc1cccc(Cl)c1. The topological polar surface area (TPSA) is 49.4 Å². The molecule has 0 bridgehead atoms. The van der Waals surface area contributed by atoms with Gasteiger partial charge in [-0.3, -0.25) is 9.59 Å². The van der Waals surface area contributed by atoms with Crippen LogP contribution >= 0.6 is 23.4 Å². The van der Waals surface area contributed by atoms with Gasteiger partial charge in [0.2, 0.25) is 11.8 Å². The molecule has 7 heteroatoms. The molecule has 3 rings (SSSR count). The van der Waals surface area contributed by atoms with E-state index in [4.69, 9.17) is 11.6 Å². The minimum absolute atomic E-state index is 0.0580. The zero-order valence-electron chi connectivity index (χ0n) is 17.7. The minimum atomic E-state index is -0.681. The number of nitrogens with zero attached hydrogens (tertiary/aromatic N) is 1. The summed E-state index contributed by atoms with van der Waals surface area (Å²) in [6, 6.07) is 13.4. The first-order valence-electron chi connectivity index (χ1n) is 10.6. The van der Waals surface area contributed by atoms with Crippen molar-refractivity contribution >= 4 is 35.2 Å². The van der Waals surface area contributed by atoms with Crippen molar-refractivity contribution < 1.29 is 14.0 Å². The summed E-state index contributed by atoms with van der Waals surface area (Å²) in [4.78, 5) is 27.4. The molecule has 0 aliphatic heterocycles. The molecular formula is C24H28ClFN2O2S. The molecule has 0 spiro atoms. The summed E-state index contributed by atoms with van der Waals surface area (Å²) in [5, 5.41) is 3.71. The summed E-state index contributed by atoms with van der Waals surface area (Å²) in [6.07, 6.45) is 4.15. The van der Waals surface area contributed by atoms with Crippen LogP contribution in [0.15, 0.2) is 48.5 Å². The molecule has 31 heavy (non-hydrogen) atoms. The largest absolute Gasteiger partial charge is 0.352 e. The molecule has 166 valence electrons. The van der Waals surface area contributed by atoms with E-state index < -0.39 is 6.04 Å². The van der Waals surface area contributed by atoms with Gasteiger partial charge < -0.3 is 10.2 Å². The number of halogens is 2. The molecule has 1 N–H and O–H groups in total. The molecule has 1 fully saturated rings. The molecule has 1 aliphatic rings. The third kappa shape index (κ3) is 6.97. The Bertz CT molecular complexity index is 905. The van der Waals surface area contributed by atoms with E-state index in [0.717, 1.165) is 31.2 Å². The van der Waals surface area contributed by atoms with E-state index in [1.807, 2.05) is 24.3 Å². The van der Waals surface area contributed by atoms with Gasteiger partial charge in [0.1, 0.15) is 11.9 Å². The quantitative estimate of drug-likeness (QED) is 0.558. The fourth-order valence-electron chi connectivity index (χ4n) is 3.75. The van der Waals surface area contributed by atoms with Crippen molar-refractivity contribution in [2.24, 2.45) is 0 Å². The number of rotatable bonds is 9. The van der Waals surface area contributed by atoms with Gasteiger partial charge in [0, 0.05) is 28.9 Å². The van der Waals surface area contributed by atoms with Crippen molar-refractivity contribution in [2.75, 3.05) is 5.75 Å². The number of thioether (sulfide) groups is 1. The summed E-state index contributed by atoms with van der Waals surface area (Å²) >= 11 is 7.48. The Labute approximate surface area is 192 Å². The summed E-state index contributed by atoms with van der Waals surface area (Å²) in [7, 11) is 0. The Hall–Kier alpha value is -2.05. The second kappa shape index (κ2) is 11.5. The smallest absolute Gasteiger partial charge is 0.242 e. The number of hydrogen-bond acceptors (Lipinski definition) is 3. The van der Waals surface area contributed by atoms with E-state index in [0.29, 0.717) is 16.3 Å². The molecule has 1 aliphatic carbocycles. The highest BCUT2D eigenvalue weighted by atomic mass is 35.5. The van der Waals surface area contributed by atoms with Gasteiger partial charge in [-0.15, -0.1) is 11.8 Å². The fourth-order valence-corrected chi connectivity index (χ4v) is 4.82. The molecule has 2 aromatic rings. The molecule has 4 nitrogen and oxygen atoms in total. The van der Waals surface area contributed by atoms with Crippen LogP contribution in [0.2, 0.25) is 5.02 Å². The van der Waals surface area contributed by atoms with Crippen molar-refractivity contribution in [3.8, 4) is 0 Å². The lowest BCUT2D eigenvalue weighted by Crippen LogP contribution is -2.50. The van der Waals surface area contributed by atoms with Crippen molar-refractivity contribution in [1.82, 2.24) is 10.2 Å². The average Bonchev–Trinajstić information content (AvgIpc) is 3.25. The Morgan fingerprint density at radius 1 is 1.19 bits per heavy atom. The van der Waals surface area contributed by atoms with E-state index >= 15 is 0 Å². The average molecular weight is 463 g/mol. The Balaban J connectivity index is 1.66. The van der Waals surface area contributed by atoms with Crippen LogP contribution in [-0.4, -0.2) is 34.6 Å². The maximum absolute atomic E-state index is 14.3. The molecular weight excluding hydrogens is 435 g/mol. The van der Waals surface area contributed by atoms with Crippen molar-refractivity contribution in [1.29, 1.82) is 0 Å². The van der Waals surface area contributed by atoms with Gasteiger partial charge in [0.15, 0.2) is 0 Å². The van der Waals surface area contributed by atoms with E-state index in [9.17, 15) is 14.0 Å². The summed E-state index contributed by atoms with van der Waals surface area (Å²) in [5.41, 5.74) is 1.43. The standard InChI is InChI=1S/C24H28ClFN2O2S/c1-17(24(30)27-21-10-3-4-11-21)28(14-19-8-2-5-12-22(19)26)23(29)16-31-15-18-7-6-9-20(25)13-18/h2,5-9,12-13,17,21H,3-4,10-11,14-16H2,1H3,(H,27,30)/t17-/m1/s1. The number of carbonyl (C=O) groups excluding carboxylic acids is 2. The van der Waals surface area contributed by atoms with Crippen LogP contribution in [0.1, 0.15) is 43.7 Å². The molecule has 2 aromatic carbocycles. The maximum Gasteiger partial charge on any atom is 0.242 e. The number of benzene rings is 2. The third-order valence-electron chi connectivity index (χ3n) is 5.55. The van der Waals surface area contributed by atoms with Crippen LogP contribution in [0.3, 0.4) is 0 Å². The Morgan fingerprint density at radius 2 is 1.94 bits per heavy atom. The first kappa shape index (κ1) is 23.6. The third-order valence-corrected chi connectivity index (χ3v) is 6.77. The summed E-state index contributed by atoms with van der Waals surface area (Å²) in [5.74, 6) is 0.0703. The van der Waals surface area contributed by atoms with E-state index in [2.05, 4.69) is 5.32 Å². The predicted octanol–water partition coefficient (Wildman–Crippen LogP) is 5.19. The molecule has 1 atom stereocenters. The van der Waals surface area contributed by atoms with Crippen molar-refractivity contribution in [3.63, 3.8) is 0 Å². The predicted molar refractivity (Wildman–Crippen MR) is 124 cm³/mol. The van der Waals surface area contributed by atoms with Crippen LogP contribution in [-0.2, 0) is 21.9 Å². The van der Waals surface area contributed by atoms with E-state index in [1.54, 1.807) is 25.1 Å². The Morgan fingerprint density at radius 3 is 2.65 bits per heavy atom.